The molecule has 40 heavy (non-hydrogen) atoms. The number of rotatable bonds is 10. The van der Waals surface area contributed by atoms with E-state index in [1.165, 1.54) is 18.2 Å². The van der Waals surface area contributed by atoms with Crippen LogP contribution in [0.25, 0.3) is 0 Å². The zero-order chi connectivity index (χ0) is 29.8. The van der Waals surface area contributed by atoms with Gasteiger partial charge in [0.1, 0.15) is 18.1 Å². The summed E-state index contributed by atoms with van der Waals surface area (Å²) in [4.78, 5) is 75.9. The number of carbonyl (C=O) groups excluding carboxylic acids is 5. The van der Waals surface area contributed by atoms with Crippen molar-refractivity contribution in [3.63, 3.8) is 0 Å². The van der Waals surface area contributed by atoms with Gasteiger partial charge in [-0.05, 0) is 31.4 Å². The highest BCUT2D eigenvalue weighted by atomic mass is 35.5. The van der Waals surface area contributed by atoms with E-state index >= 15 is 0 Å². The molecular formula is C23H26Cl2N4O10S. The molecule has 0 unspecified atom stereocenters. The fraction of sp³-hybridized carbons (Fsp3) is 0.478. The molecule has 0 aromatic heterocycles. The Morgan fingerprint density at radius 2 is 1.80 bits per heavy atom. The smallest absolute Gasteiger partial charge is 0.341 e. The molecule has 17 heteroatoms. The molecule has 3 amide bonds. The number of ketones is 1. The number of hydrazine groups is 1. The van der Waals surface area contributed by atoms with Crippen LogP contribution in [0.1, 0.15) is 42.5 Å². The van der Waals surface area contributed by atoms with Crippen molar-refractivity contribution in [1.29, 1.82) is 0 Å². The molecule has 3 rings (SSSR count). The fourth-order valence-corrected chi connectivity index (χ4v) is 5.62. The summed E-state index contributed by atoms with van der Waals surface area (Å²) in [6, 6.07) is -0.0995. The van der Waals surface area contributed by atoms with Crippen molar-refractivity contribution < 1.29 is 47.0 Å². The lowest BCUT2D eigenvalue weighted by Gasteiger charge is -2.43. The fourth-order valence-electron chi connectivity index (χ4n) is 4.33. The van der Waals surface area contributed by atoms with Gasteiger partial charge in [-0.15, -0.1) is 0 Å². The van der Waals surface area contributed by atoms with Crippen LogP contribution >= 0.6 is 23.2 Å². The van der Waals surface area contributed by atoms with Crippen molar-refractivity contribution in [1.82, 2.24) is 20.1 Å². The molecule has 1 aromatic rings. The van der Waals surface area contributed by atoms with Gasteiger partial charge in [0.15, 0.2) is 12.4 Å². The molecule has 2 saturated heterocycles. The molecule has 2 aliphatic rings. The van der Waals surface area contributed by atoms with Crippen molar-refractivity contribution in [3.8, 4) is 0 Å². The molecule has 2 heterocycles. The third kappa shape index (κ3) is 7.68. The van der Waals surface area contributed by atoms with Crippen LogP contribution in [0.3, 0.4) is 0 Å². The summed E-state index contributed by atoms with van der Waals surface area (Å²) >= 11 is 11.9. The quantitative estimate of drug-likeness (QED) is 0.302. The normalized spacial score (nSPS) is 20.3. The van der Waals surface area contributed by atoms with Crippen LogP contribution in [0.4, 0.5) is 0 Å². The average Bonchev–Trinajstić information content (AvgIpc) is 2.97. The van der Waals surface area contributed by atoms with Gasteiger partial charge in [0.05, 0.1) is 28.3 Å². The molecule has 3 N–H and O–H groups in total. The van der Waals surface area contributed by atoms with Gasteiger partial charge in [0.2, 0.25) is 21.8 Å². The van der Waals surface area contributed by atoms with E-state index < -0.39 is 76.6 Å². The van der Waals surface area contributed by atoms with Crippen LogP contribution in [0.5, 0.6) is 0 Å². The first-order valence-corrected chi connectivity index (χ1v) is 14.6. The monoisotopic (exact) mass is 620 g/mol. The van der Waals surface area contributed by atoms with Gasteiger partial charge in [-0.3, -0.25) is 29.0 Å². The molecule has 0 aliphatic carbocycles. The molecule has 2 fully saturated rings. The minimum Gasteiger partial charge on any atom is -0.481 e. The molecule has 0 spiro atoms. The molecule has 0 radical (unpaired) electrons. The molecule has 218 valence electrons. The number of Topliss-reactive ketones (excluding diaryl/α,β-unsaturated/α-hetero) is 1. The summed E-state index contributed by atoms with van der Waals surface area (Å²) in [6.07, 6.45) is 0.0144. The second-order valence-electron chi connectivity index (χ2n) is 9.14. The Morgan fingerprint density at radius 1 is 1.15 bits per heavy atom. The van der Waals surface area contributed by atoms with Crippen LogP contribution in [-0.2, 0) is 38.7 Å². The number of ether oxygens (including phenoxy) is 1. The molecule has 0 bridgehead atoms. The van der Waals surface area contributed by atoms with Gasteiger partial charge < -0.3 is 15.2 Å². The van der Waals surface area contributed by atoms with E-state index in [2.05, 4.69) is 10.0 Å². The minimum atomic E-state index is -3.84. The first kappa shape index (κ1) is 31.3. The molecule has 1 aromatic carbocycles. The number of benzene rings is 1. The number of nitrogens with one attached hydrogen (secondary N) is 2. The Hall–Kier alpha value is -3.27. The summed E-state index contributed by atoms with van der Waals surface area (Å²) in [5, 5.41) is 13.4. The number of carboxylic acid groups (broad SMARTS) is 1. The summed E-state index contributed by atoms with van der Waals surface area (Å²) < 4.78 is 30.7. The van der Waals surface area contributed by atoms with Gasteiger partial charge in [0.25, 0.3) is 5.91 Å². The van der Waals surface area contributed by atoms with Crippen molar-refractivity contribution in [2.24, 2.45) is 0 Å². The summed E-state index contributed by atoms with van der Waals surface area (Å²) in [6.45, 7) is -0.838. The van der Waals surface area contributed by atoms with Crippen molar-refractivity contribution in [2.45, 2.75) is 50.2 Å². The Bertz CT molecular complexity index is 1320. The van der Waals surface area contributed by atoms with Crippen molar-refractivity contribution in [2.75, 3.05) is 19.4 Å². The number of hydrogen-bond donors (Lipinski definition) is 3. The molecule has 14 nitrogen and oxygen atoms in total. The average molecular weight is 621 g/mol. The van der Waals surface area contributed by atoms with Gasteiger partial charge in [-0.1, -0.05) is 29.3 Å². The Balaban J connectivity index is 1.78. The maximum atomic E-state index is 13.3. The lowest BCUT2D eigenvalue weighted by molar-refractivity contribution is -0.176. The van der Waals surface area contributed by atoms with Gasteiger partial charge in [-0.2, -0.15) is 0 Å². The Kier molecular flexibility index (Phi) is 10.1. The largest absolute Gasteiger partial charge is 0.481 e. The SMILES string of the molecule is CS(=O)(=O)N[C@H]1CCC(=O)N2CCC[C@@H](C(=O)N[C@@H](CC(=O)O)C(=O)COC(=O)c3c(Cl)cccc3Cl)N2C1=O. The van der Waals surface area contributed by atoms with E-state index in [1.807, 2.05) is 0 Å². The first-order chi connectivity index (χ1) is 18.7. The van der Waals surface area contributed by atoms with E-state index in [0.29, 0.717) is 6.42 Å². The van der Waals surface area contributed by atoms with E-state index in [1.54, 1.807) is 0 Å². The van der Waals surface area contributed by atoms with Crippen LogP contribution in [0, 0.1) is 0 Å². The van der Waals surface area contributed by atoms with E-state index in [4.69, 9.17) is 27.9 Å². The van der Waals surface area contributed by atoms with Gasteiger partial charge in [0, 0.05) is 13.0 Å². The standard InChI is InChI=1S/C23H26Cl2N4O10S/c1-40(37,38)27-14-7-8-18(31)28-9-3-6-16(29(28)22(14)35)21(34)26-15(10-19(32)33)17(30)11-39-23(36)20-12(24)4-2-5-13(20)25/h2,4-5,14-16,27H,3,6-11H2,1H3,(H,26,34)(H,32,33)/t14-,15-,16-/m0/s1. The van der Waals surface area contributed by atoms with Crippen LogP contribution < -0.4 is 10.0 Å². The highest BCUT2D eigenvalue weighted by molar-refractivity contribution is 7.88. The van der Waals surface area contributed by atoms with Crippen LogP contribution in [-0.4, -0.2) is 96.5 Å². The van der Waals surface area contributed by atoms with E-state index in [-0.39, 0.29) is 41.4 Å². The number of aliphatic carboxylic acids is 1. The van der Waals surface area contributed by atoms with Gasteiger partial charge >= 0.3 is 11.9 Å². The lowest BCUT2D eigenvalue weighted by atomic mass is 10.0. The number of esters is 1. The summed E-state index contributed by atoms with van der Waals surface area (Å²) in [5.41, 5.74) is -0.207. The van der Waals surface area contributed by atoms with E-state index in [0.717, 1.165) is 16.3 Å². The Morgan fingerprint density at radius 3 is 2.40 bits per heavy atom. The highest BCUT2D eigenvalue weighted by Crippen LogP contribution is 2.26. The molecule has 2 aliphatic heterocycles. The number of carbonyl (C=O) groups is 6. The van der Waals surface area contributed by atoms with Crippen molar-refractivity contribution >= 4 is 68.7 Å². The second-order valence-corrected chi connectivity index (χ2v) is 11.7. The number of sulfonamides is 1. The second kappa shape index (κ2) is 12.9. The topological polar surface area (TPSA) is 197 Å². The lowest BCUT2D eigenvalue weighted by Crippen LogP contribution is -2.64. The zero-order valence-electron chi connectivity index (χ0n) is 21.1. The maximum Gasteiger partial charge on any atom is 0.341 e. The first-order valence-electron chi connectivity index (χ1n) is 12.0. The predicted molar refractivity (Wildman–Crippen MR) is 139 cm³/mol. The predicted octanol–water partition coefficient (Wildman–Crippen LogP) is 0.125. The Labute approximate surface area is 238 Å². The van der Waals surface area contributed by atoms with Crippen LogP contribution in [0.2, 0.25) is 10.0 Å². The van der Waals surface area contributed by atoms with Gasteiger partial charge in [-0.25, -0.2) is 22.9 Å². The number of carboxylic acids is 1. The summed E-state index contributed by atoms with van der Waals surface area (Å²) in [5.74, 6) is -5.79. The maximum absolute atomic E-state index is 13.3. The van der Waals surface area contributed by atoms with Crippen molar-refractivity contribution in [3.05, 3.63) is 33.8 Å². The van der Waals surface area contributed by atoms with Crippen LogP contribution in [0.15, 0.2) is 18.2 Å². The molecular weight excluding hydrogens is 595 g/mol. The summed E-state index contributed by atoms with van der Waals surface area (Å²) in [7, 11) is -3.84. The third-order valence-corrected chi connectivity index (χ3v) is 7.46. The third-order valence-electron chi connectivity index (χ3n) is 6.12. The number of nitrogens with zero attached hydrogens (tertiary/aromatic N) is 2. The zero-order valence-corrected chi connectivity index (χ0v) is 23.4. The highest BCUT2D eigenvalue weighted by Gasteiger charge is 2.45. The van der Waals surface area contributed by atoms with E-state index in [9.17, 15) is 42.3 Å². The number of halogens is 2. The molecule has 0 saturated carbocycles. The molecule has 3 atom stereocenters. The number of fused-ring (bicyclic) bond motifs is 1. The number of amides is 3. The number of hydrogen-bond acceptors (Lipinski definition) is 9. The minimum absolute atomic E-state index is 0.0393.